The Hall–Kier alpha value is -4.47. The number of methoxy groups -OCH3 is 1. The second-order valence-electron chi connectivity index (χ2n) is 6.98. The standard InChI is InChI=1S/C22H20N6O4/c1-14(29)25-15-3-5-16(6-4-15)26-20(30)12-27-13-23-21-19(22(27)31)11-24-28(21)17-7-9-18(32-2)10-8-17/h3-11,13H,12H2,1-2H3,(H,25,29)(H,26,30). The minimum atomic E-state index is -0.386. The quantitative estimate of drug-likeness (QED) is 0.482. The molecule has 2 heterocycles. The van der Waals surface area contributed by atoms with Crippen LogP contribution >= 0.6 is 0 Å². The Kier molecular flexibility index (Phi) is 5.67. The molecule has 10 heteroatoms. The Bertz CT molecular complexity index is 1340. The normalized spacial score (nSPS) is 10.7. The van der Waals surface area contributed by atoms with Crippen molar-refractivity contribution >= 4 is 34.2 Å². The van der Waals surface area contributed by atoms with Crippen molar-refractivity contribution in [3.63, 3.8) is 0 Å². The third-order valence-corrected chi connectivity index (χ3v) is 4.67. The van der Waals surface area contributed by atoms with Crippen molar-refractivity contribution in [2.45, 2.75) is 13.5 Å². The number of carbonyl (C=O) groups excluding carboxylic acids is 2. The number of hydrogen-bond acceptors (Lipinski definition) is 6. The number of nitrogens with zero attached hydrogens (tertiary/aromatic N) is 4. The lowest BCUT2D eigenvalue weighted by Gasteiger charge is -2.09. The van der Waals surface area contributed by atoms with E-state index in [0.29, 0.717) is 28.2 Å². The zero-order valence-corrected chi connectivity index (χ0v) is 17.4. The molecule has 32 heavy (non-hydrogen) atoms. The molecule has 0 radical (unpaired) electrons. The Morgan fingerprint density at radius 2 is 1.66 bits per heavy atom. The van der Waals surface area contributed by atoms with Gasteiger partial charge in [-0.3, -0.25) is 19.0 Å². The molecule has 0 saturated carbocycles. The first-order chi connectivity index (χ1) is 15.4. The number of hydrogen-bond donors (Lipinski definition) is 2. The van der Waals surface area contributed by atoms with Gasteiger partial charge in [0.1, 0.15) is 24.0 Å². The minimum Gasteiger partial charge on any atom is -0.497 e. The number of carbonyl (C=O) groups is 2. The lowest BCUT2D eigenvalue weighted by Crippen LogP contribution is -2.27. The van der Waals surface area contributed by atoms with E-state index in [2.05, 4.69) is 20.7 Å². The van der Waals surface area contributed by atoms with Crippen LogP contribution in [-0.4, -0.2) is 38.3 Å². The molecule has 0 unspecified atom stereocenters. The van der Waals surface area contributed by atoms with Gasteiger partial charge in [-0.15, -0.1) is 0 Å². The third-order valence-electron chi connectivity index (χ3n) is 4.67. The van der Waals surface area contributed by atoms with Gasteiger partial charge in [0, 0.05) is 18.3 Å². The Labute approximate surface area is 182 Å². The molecule has 0 saturated heterocycles. The smallest absolute Gasteiger partial charge is 0.264 e. The second kappa shape index (κ2) is 8.72. The average molecular weight is 432 g/mol. The summed E-state index contributed by atoms with van der Waals surface area (Å²) in [6, 6.07) is 13.9. The number of rotatable bonds is 6. The molecule has 0 aliphatic rings. The van der Waals surface area contributed by atoms with Gasteiger partial charge in [0.15, 0.2) is 5.65 Å². The molecule has 0 aliphatic heterocycles. The molecule has 4 aromatic rings. The highest BCUT2D eigenvalue weighted by molar-refractivity contribution is 5.92. The van der Waals surface area contributed by atoms with Gasteiger partial charge in [0.2, 0.25) is 11.8 Å². The molecule has 0 spiro atoms. The highest BCUT2D eigenvalue weighted by atomic mass is 16.5. The SMILES string of the molecule is COc1ccc(-n2ncc3c(=O)n(CC(=O)Nc4ccc(NC(C)=O)cc4)cnc32)cc1. The Morgan fingerprint density at radius 1 is 1.00 bits per heavy atom. The van der Waals surface area contributed by atoms with Crippen LogP contribution in [0.4, 0.5) is 11.4 Å². The van der Waals surface area contributed by atoms with Gasteiger partial charge in [0.05, 0.1) is 19.0 Å². The van der Waals surface area contributed by atoms with Gasteiger partial charge in [-0.05, 0) is 48.5 Å². The summed E-state index contributed by atoms with van der Waals surface area (Å²) in [7, 11) is 1.58. The second-order valence-corrected chi connectivity index (χ2v) is 6.98. The van der Waals surface area contributed by atoms with E-state index in [1.165, 1.54) is 24.0 Å². The summed E-state index contributed by atoms with van der Waals surface area (Å²) in [4.78, 5) is 40.7. The third kappa shape index (κ3) is 4.33. The van der Waals surface area contributed by atoms with Crippen LogP contribution in [0.2, 0.25) is 0 Å². The summed E-state index contributed by atoms with van der Waals surface area (Å²) in [6.07, 6.45) is 2.76. The number of nitrogens with one attached hydrogen (secondary N) is 2. The molecule has 0 bridgehead atoms. The molecule has 162 valence electrons. The Morgan fingerprint density at radius 3 is 2.28 bits per heavy atom. The van der Waals surface area contributed by atoms with Gasteiger partial charge in [-0.25, -0.2) is 9.67 Å². The van der Waals surface area contributed by atoms with Crippen LogP contribution in [0.5, 0.6) is 5.75 Å². The van der Waals surface area contributed by atoms with E-state index in [-0.39, 0.29) is 23.9 Å². The van der Waals surface area contributed by atoms with Crippen molar-refractivity contribution in [1.29, 1.82) is 0 Å². The molecule has 10 nitrogen and oxygen atoms in total. The zero-order chi connectivity index (χ0) is 22.7. The van der Waals surface area contributed by atoms with Crippen LogP contribution in [0, 0.1) is 0 Å². The van der Waals surface area contributed by atoms with Crippen LogP contribution in [0.3, 0.4) is 0 Å². The molecule has 2 N–H and O–H groups in total. The molecule has 4 rings (SSSR count). The summed E-state index contributed by atoms with van der Waals surface area (Å²) in [6.45, 7) is 1.21. The summed E-state index contributed by atoms with van der Waals surface area (Å²) in [5.74, 6) is 0.138. The van der Waals surface area contributed by atoms with Gasteiger partial charge in [0.25, 0.3) is 5.56 Å². The largest absolute Gasteiger partial charge is 0.497 e. The molecule has 2 aromatic carbocycles. The van der Waals surface area contributed by atoms with Gasteiger partial charge < -0.3 is 15.4 Å². The van der Waals surface area contributed by atoms with E-state index in [4.69, 9.17) is 4.74 Å². The van der Waals surface area contributed by atoms with Crippen LogP contribution in [0.25, 0.3) is 16.7 Å². The molecule has 0 aliphatic carbocycles. The van der Waals surface area contributed by atoms with E-state index >= 15 is 0 Å². The fraction of sp³-hybridized carbons (Fsp3) is 0.136. The fourth-order valence-electron chi connectivity index (χ4n) is 3.17. The van der Waals surface area contributed by atoms with Gasteiger partial charge >= 0.3 is 0 Å². The number of benzene rings is 2. The first-order valence-electron chi connectivity index (χ1n) is 9.69. The monoisotopic (exact) mass is 432 g/mol. The summed E-state index contributed by atoms with van der Waals surface area (Å²) in [5.41, 5.74) is 1.91. The lowest BCUT2D eigenvalue weighted by atomic mass is 10.2. The molecular formula is C22H20N6O4. The minimum absolute atomic E-state index is 0.181. The van der Waals surface area contributed by atoms with Crippen LogP contribution in [-0.2, 0) is 16.1 Å². The number of aromatic nitrogens is 4. The van der Waals surface area contributed by atoms with Crippen LogP contribution < -0.4 is 20.9 Å². The number of ether oxygens (including phenoxy) is 1. The molecule has 0 atom stereocenters. The highest BCUT2D eigenvalue weighted by Crippen LogP contribution is 2.18. The topological polar surface area (TPSA) is 120 Å². The van der Waals surface area contributed by atoms with Gasteiger partial charge in [-0.1, -0.05) is 0 Å². The van der Waals surface area contributed by atoms with Crippen molar-refractivity contribution in [3.8, 4) is 11.4 Å². The van der Waals surface area contributed by atoms with E-state index in [0.717, 1.165) is 5.69 Å². The first-order valence-corrected chi connectivity index (χ1v) is 9.69. The lowest BCUT2D eigenvalue weighted by molar-refractivity contribution is -0.117. The van der Waals surface area contributed by atoms with Gasteiger partial charge in [-0.2, -0.15) is 5.10 Å². The van der Waals surface area contributed by atoms with Crippen molar-refractivity contribution in [2.24, 2.45) is 0 Å². The van der Waals surface area contributed by atoms with Crippen molar-refractivity contribution in [2.75, 3.05) is 17.7 Å². The number of amides is 2. The number of fused-ring (bicyclic) bond motifs is 1. The number of anilines is 2. The molecular weight excluding hydrogens is 412 g/mol. The van der Waals surface area contributed by atoms with Crippen LogP contribution in [0.15, 0.2) is 65.8 Å². The summed E-state index contributed by atoms with van der Waals surface area (Å²) >= 11 is 0. The van der Waals surface area contributed by atoms with Crippen molar-refractivity contribution in [3.05, 3.63) is 71.4 Å². The summed E-state index contributed by atoms with van der Waals surface area (Å²) in [5, 5.41) is 9.94. The molecule has 2 aromatic heterocycles. The Balaban J connectivity index is 1.51. The van der Waals surface area contributed by atoms with E-state index in [1.807, 2.05) is 12.1 Å². The summed E-state index contributed by atoms with van der Waals surface area (Å²) < 4.78 is 7.93. The zero-order valence-electron chi connectivity index (χ0n) is 17.4. The first kappa shape index (κ1) is 20.8. The van der Waals surface area contributed by atoms with Crippen LogP contribution in [0.1, 0.15) is 6.92 Å². The average Bonchev–Trinajstić information content (AvgIpc) is 3.22. The molecule has 0 fully saturated rings. The van der Waals surface area contributed by atoms with Crippen molar-refractivity contribution < 1.29 is 14.3 Å². The predicted octanol–water partition coefficient (Wildman–Crippen LogP) is 2.19. The maximum Gasteiger partial charge on any atom is 0.264 e. The predicted molar refractivity (Wildman–Crippen MR) is 119 cm³/mol. The van der Waals surface area contributed by atoms with E-state index in [9.17, 15) is 14.4 Å². The highest BCUT2D eigenvalue weighted by Gasteiger charge is 2.13. The maximum atomic E-state index is 12.8. The fourth-order valence-corrected chi connectivity index (χ4v) is 3.17. The van der Waals surface area contributed by atoms with E-state index in [1.54, 1.807) is 48.2 Å². The molecule has 2 amide bonds. The van der Waals surface area contributed by atoms with E-state index < -0.39 is 0 Å². The van der Waals surface area contributed by atoms with Crippen molar-refractivity contribution in [1.82, 2.24) is 19.3 Å². The maximum absolute atomic E-state index is 12.8.